The van der Waals surface area contributed by atoms with Crippen LogP contribution in [0.5, 0.6) is 5.75 Å². The van der Waals surface area contributed by atoms with Gasteiger partial charge in [0, 0.05) is 5.56 Å². The Balaban J connectivity index is 1.19. The lowest BCUT2D eigenvalue weighted by molar-refractivity contribution is 0.0828. The number of carbonyl (C=O) groups excluding carboxylic acids is 2. The second-order valence-corrected chi connectivity index (χ2v) is 7.76. The van der Waals surface area contributed by atoms with E-state index in [0.29, 0.717) is 28.1 Å². The maximum atomic E-state index is 12.8. The van der Waals surface area contributed by atoms with Crippen molar-refractivity contribution in [2.24, 2.45) is 0 Å². The van der Waals surface area contributed by atoms with Gasteiger partial charge in [-0.05, 0) is 60.7 Å². The average Bonchev–Trinajstić information content (AvgIpc) is 3.41. The summed E-state index contributed by atoms with van der Waals surface area (Å²) in [5, 5.41) is 0.497. The van der Waals surface area contributed by atoms with Crippen LogP contribution in [0.2, 0.25) is 0 Å². The molecule has 9 heteroatoms. The van der Waals surface area contributed by atoms with Crippen LogP contribution in [0.3, 0.4) is 0 Å². The molecular weight excluding hydrogens is 460 g/mol. The lowest BCUT2D eigenvalue weighted by Gasteiger charge is -2.09. The number of hydrazine groups is 1. The monoisotopic (exact) mass is 480 g/mol. The standard InChI is InChI=1S/C27H20N4O5/c32-25(29-30-26(33)24-15-14-21(36-24)16-35-20-6-2-1-3-7-20)18-10-12-19(13-11-18)31-17-28-23-9-5-4-8-22(23)27(31)34/h1-15,17H,16H2,(H,29,32)(H,30,33). The quantitative estimate of drug-likeness (QED) is 0.359. The second kappa shape index (κ2) is 9.98. The van der Waals surface area contributed by atoms with Crippen molar-refractivity contribution in [2.75, 3.05) is 0 Å². The van der Waals surface area contributed by atoms with Gasteiger partial charge in [-0.1, -0.05) is 30.3 Å². The summed E-state index contributed by atoms with van der Waals surface area (Å²) in [6, 6.07) is 25.8. The predicted octanol–water partition coefficient (Wildman–Crippen LogP) is 3.63. The zero-order chi connectivity index (χ0) is 24.9. The summed E-state index contributed by atoms with van der Waals surface area (Å²) >= 11 is 0. The maximum Gasteiger partial charge on any atom is 0.305 e. The smallest absolute Gasteiger partial charge is 0.305 e. The number of nitrogens with zero attached hydrogens (tertiary/aromatic N) is 2. The molecule has 0 atom stereocenters. The van der Waals surface area contributed by atoms with Crippen LogP contribution in [0.15, 0.2) is 107 Å². The zero-order valence-electron chi connectivity index (χ0n) is 18.9. The second-order valence-electron chi connectivity index (χ2n) is 7.76. The molecule has 2 amide bonds. The highest BCUT2D eigenvalue weighted by molar-refractivity contribution is 5.98. The van der Waals surface area contributed by atoms with Crippen molar-refractivity contribution in [1.82, 2.24) is 20.4 Å². The molecule has 2 aromatic heterocycles. The predicted molar refractivity (Wildman–Crippen MR) is 132 cm³/mol. The highest BCUT2D eigenvalue weighted by Crippen LogP contribution is 2.14. The fourth-order valence-corrected chi connectivity index (χ4v) is 3.52. The van der Waals surface area contributed by atoms with Crippen molar-refractivity contribution >= 4 is 22.7 Å². The van der Waals surface area contributed by atoms with Crippen molar-refractivity contribution < 1.29 is 18.7 Å². The summed E-state index contributed by atoms with van der Waals surface area (Å²) in [4.78, 5) is 41.9. The summed E-state index contributed by atoms with van der Waals surface area (Å²) in [6.07, 6.45) is 1.45. The van der Waals surface area contributed by atoms with Gasteiger partial charge >= 0.3 is 5.91 Å². The molecule has 9 nitrogen and oxygen atoms in total. The largest absolute Gasteiger partial charge is 0.486 e. The van der Waals surface area contributed by atoms with Crippen molar-refractivity contribution in [2.45, 2.75) is 6.61 Å². The third-order valence-corrected chi connectivity index (χ3v) is 5.37. The van der Waals surface area contributed by atoms with Gasteiger partial charge in [-0.25, -0.2) is 4.98 Å². The Hall–Kier alpha value is -5.18. The van der Waals surface area contributed by atoms with E-state index in [0.717, 1.165) is 0 Å². The first-order chi connectivity index (χ1) is 17.6. The topological polar surface area (TPSA) is 115 Å². The van der Waals surface area contributed by atoms with E-state index in [1.807, 2.05) is 36.4 Å². The molecule has 36 heavy (non-hydrogen) atoms. The molecule has 0 aliphatic carbocycles. The molecular formula is C27H20N4O5. The first-order valence-electron chi connectivity index (χ1n) is 11.0. The molecule has 0 saturated carbocycles. The number of para-hydroxylation sites is 2. The number of benzene rings is 3. The number of fused-ring (bicyclic) bond motifs is 1. The average molecular weight is 480 g/mol. The summed E-state index contributed by atoms with van der Waals surface area (Å²) in [6.45, 7) is 0.159. The van der Waals surface area contributed by atoms with E-state index in [1.54, 1.807) is 48.5 Å². The molecule has 0 saturated heterocycles. The fraction of sp³-hybridized carbons (Fsp3) is 0.0370. The molecule has 0 radical (unpaired) electrons. The molecule has 5 aromatic rings. The van der Waals surface area contributed by atoms with E-state index in [4.69, 9.17) is 9.15 Å². The van der Waals surface area contributed by atoms with Crippen molar-refractivity contribution in [3.05, 3.63) is 125 Å². The molecule has 0 unspecified atom stereocenters. The van der Waals surface area contributed by atoms with Crippen LogP contribution in [-0.2, 0) is 6.61 Å². The van der Waals surface area contributed by atoms with Crippen LogP contribution in [0.25, 0.3) is 16.6 Å². The zero-order valence-corrected chi connectivity index (χ0v) is 18.9. The molecule has 5 rings (SSSR count). The molecule has 0 spiro atoms. The van der Waals surface area contributed by atoms with E-state index in [-0.39, 0.29) is 23.5 Å². The van der Waals surface area contributed by atoms with Crippen LogP contribution in [-0.4, -0.2) is 21.4 Å². The third-order valence-electron chi connectivity index (χ3n) is 5.37. The number of furan rings is 1. The van der Waals surface area contributed by atoms with Crippen LogP contribution in [0.4, 0.5) is 0 Å². The minimum atomic E-state index is -0.611. The summed E-state index contributed by atoms with van der Waals surface area (Å²) in [5.74, 6) is 0.0302. The van der Waals surface area contributed by atoms with Crippen molar-refractivity contribution in [3.8, 4) is 11.4 Å². The first-order valence-corrected chi connectivity index (χ1v) is 11.0. The SMILES string of the molecule is O=C(NNC(=O)c1ccc(COc2ccccc2)o1)c1ccc(-n2cnc3ccccc3c2=O)cc1. The van der Waals surface area contributed by atoms with Gasteiger partial charge in [-0.15, -0.1) is 0 Å². The number of hydrogen-bond acceptors (Lipinski definition) is 6. The van der Waals surface area contributed by atoms with Gasteiger partial charge in [-0.2, -0.15) is 0 Å². The number of hydrogen-bond donors (Lipinski definition) is 2. The van der Waals surface area contributed by atoms with Gasteiger partial charge in [0.25, 0.3) is 11.5 Å². The molecule has 2 heterocycles. The first kappa shape index (κ1) is 22.6. The number of aromatic nitrogens is 2. The van der Waals surface area contributed by atoms with E-state index in [2.05, 4.69) is 15.8 Å². The van der Waals surface area contributed by atoms with Crippen LogP contribution >= 0.6 is 0 Å². The number of nitrogens with one attached hydrogen (secondary N) is 2. The maximum absolute atomic E-state index is 12.8. The highest BCUT2D eigenvalue weighted by Gasteiger charge is 2.14. The fourth-order valence-electron chi connectivity index (χ4n) is 3.52. The van der Waals surface area contributed by atoms with Gasteiger partial charge in [0.1, 0.15) is 24.4 Å². The Morgan fingerprint density at radius 3 is 2.36 bits per heavy atom. The number of carbonyl (C=O) groups is 2. The minimum absolute atomic E-state index is 0.0282. The Bertz CT molecular complexity index is 1590. The van der Waals surface area contributed by atoms with Crippen molar-refractivity contribution in [1.29, 1.82) is 0 Å². The van der Waals surface area contributed by atoms with Crippen LogP contribution < -0.4 is 21.1 Å². The summed E-state index contributed by atoms with van der Waals surface area (Å²) in [7, 11) is 0. The van der Waals surface area contributed by atoms with E-state index < -0.39 is 11.8 Å². The van der Waals surface area contributed by atoms with Gasteiger partial charge < -0.3 is 9.15 Å². The van der Waals surface area contributed by atoms with Crippen molar-refractivity contribution in [3.63, 3.8) is 0 Å². The van der Waals surface area contributed by atoms with E-state index in [1.165, 1.54) is 17.0 Å². The van der Waals surface area contributed by atoms with E-state index in [9.17, 15) is 14.4 Å². The number of amides is 2. The molecule has 3 aromatic carbocycles. The molecule has 2 N–H and O–H groups in total. The van der Waals surface area contributed by atoms with Gasteiger partial charge in [0.05, 0.1) is 16.6 Å². The molecule has 178 valence electrons. The normalized spacial score (nSPS) is 10.7. The number of rotatable bonds is 6. The molecule has 0 bridgehead atoms. The third kappa shape index (κ3) is 4.85. The van der Waals surface area contributed by atoms with Gasteiger partial charge in [-0.3, -0.25) is 29.8 Å². The van der Waals surface area contributed by atoms with Crippen LogP contribution in [0.1, 0.15) is 26.7 Å². The van der Waals surface area contributed by atoms with Crippen LogP contribution in [0, 0.1) is 0 Å². The summed E-state index contributed by atoms with van der Waals surface area (Å²) < 4.78 is 12.5. The molecule has 0 aliphatic heterocycles. The Kier molecular flexibility index (Phi) is 6.27. The molecule has 0 aliphatic rings. The number of ether oxygens (including phenoxy) is 1. The minimum Gasteiger partial charge on any atom is -0.486 e. The highest BCUT2D eigenvalue weighted by atomic mass is 16.5. The van der Waals surface area contributed by atoms with Gasteiger partial charge in [0.15, 0.2) is 5.76 Å². The van der Waals surface area contributed by atoms with E-state index >= 15 is 0 Å². The Morgan fingerprint density at radius 1 is 0.833 bits per heavy atom. The lowest BCUT2D eigenvalue weighted by Crippen LogP contribution is -2.41. The summed E-state index contributed by atoms with van der Waals surface area (Å²) in [5.41, 5.74) is 5.91. The molecule has 0 fully saturated rings. The Morgan fingerprint density at radius 2 is 1.56 bits per heavy atom. The Labute approximate surface area is 204 Å². The van der Waals surface area contributed by atoms with Gasteiger partial charge in [0.2, 0.25) is 0 Å². The lowest BCUT2D eigenvalue weighted by atomic mass is 10.2.